The highest BCUT2D eigenvalue weighted by molar-refractivity contribution is 5.84. The molecular weight excluding hydrogens is 136 g/mol. The number of hydrogen-bond acceptors (Lipinski definition) is 2. The quantitative estimate of drug-likeness (QED) is 0.562. The fourth-order valence-corrected chi connectivity index (χ4v) is 1.47. The second-order valence-corrected chi connectivity index (χ2v) is 3.70. The number of nitrogens with zero attached hydrogens (tertiary/aromatic N) is 2. The van der Waals surface area contributed by atoms with Crippen molar-refractivity contribution in [2.45, 2.75) is 33.2 Å². The maximum atomic E-state index is 4.61. The zero-order valence-electron chi connectivity index (χ0n) is 7.96. The molecule has 2 nitrogen and oxygen atoms in total. The van der Waals surface area contributed by atoms with E-state index in [2.05, 4.69) is 37.7 Å². The molecule has 11 heavy (non-hydrogen) atoms. The smallest absolute Gasteiger partial charge is 0.101 e. The first-order valence-electron chi connectivity index (χ1n) is 4.40. The predicted octanol–water partition coefficient (Wildman–Crippen LogP) is 1.76. The summed E-state index contributed by atoms with van der Waals surface area (Å²) in [6.45, 7) is 7.76. The van der Waals surface area contributed by atoms with Gasteiger partial charge in [0.05, 0.1) is 6.04 Å². The first kappa shape index (κ1) is 8.57. The van der Waals surface area contributed by atoms with Crippen molar-refractivity contribution in [3.8, 4) is 0 Å². The Kier molecular flexibility index (Phi) is 2.53. The molecule has 0 radical (unpaired) electrons. The van der Waals surface area contributed by atoms with Gasteiger partial charge in [-0.05, 0) is 13.3 Å². The van der Waals surface area contributed by atoms with E-state index in [0.717, 1.165) is 6.54 Å². The molecule has 0 aliphatic carbocycles. The minimum atomic E-state index is 0.531. The van der Waals surface area contributed by atoms with Crippen LogP contribution in [0.3, 0.4) is 0 Å². The van der Waals surface area contributed by atoms with E-state index >= 15 is 0 Å². The third kappa shape index (κ3) is 1.95. The number of rotatable bonds is 1. The highest BCUT2D eigenvalue weighted by atomic mass is 15.2. The Labute approximate surface area is 69.3 Å². The molecular formula is C9H18N2. The Bertz CT molecular complexity index is 161. The molecule has 0 aromatic heterocycles. The van der Waals surface area contributed by atoms with Crippen molar-refractivity contribution in [3.63, 3.8) is 0 Å². The van der Waals surface area contributed by atoms with E-state index in [0.29, 0.717) is 12.0 Å². The van der Waals surface area contributed by atoms with Crippen LogP contribution in [0.15, 0.2) is 4.99 Å². The highest BCUT2D eigenvalue weighted by Crippen LogP contribution is 2.12. The molecule has 64 valence electrons. The molecule has 0 aromatic carbocycles. The molecule has 1 aliphatic rings. The second kappa shape index (κ2) is 3.24. The Balaban J connectivity index is 2.71. The molecule has 0 aromatic rings. The van der Waals surface area contributed by atoms with Crippen LogP contribution < -0.4 is 0 Å². The monoisotopic (exact) mass is 154 g/mol. The van der Waals surface area contributed by atoms with Crippen molar-refractivity contribution >= 4 is 5.84 Å². The lowest BCUT2D eigenvalue weighted by atomic mass is 10.1. The van der Waals surface area contributed by atoms with Gasteiger partial charge in [-0.25, -0.2) is 0 Å². The predicted molar refractivity (Wildman–Crippen MR) is 49.0 cm³/mol. The standard InChI is InChI=1S/C9H18N2/c1-7(2)9-10-8(3)5-6-11(9)4/h7-8H,5-6H2,1-4H3/t8-/m1/s1. The van der Waals surface area contributed by atoms with Crippen molar-refractivity contribution in [2.24, 2.45) is 10.9 Å². The van der Waals surface area contributed by atoms with Gasteiger partial charge >= 0.3 is 0 Å². The minimum absolute atomic E-state index is 0.531. The van der Waals surface area contributed by atoms with Gasteiger partial charge < -0.3 is 4.90 Å². The molecule has 1 rings (SSSR count). The largest absolute Gasteiger partial charge is 0.363 e. The SMILES string of the molecule is CC(C)C1=N[C@H](C)CCN1C. The van der Waals surface area contributed by atoms with Crippen molar-refractivity contribution in [1.29, 1.82) is 0 Å². The topological polar surface area (TPSA) is 15.6 Å². The normalized spacial score (nSPS) is 25.7. The Morgan fingerprint density at radius 1 is 1.55 bits per heavy atom. The van der Waals surface area contributed by atoms with E-state index in [1.54, 1.807) is 0 Å². The van der Waals surface area contributed by atoms with E-state index in [1.807, 2.05) is 0 Å². The molecule has 0 fully saturated rings. The summed E-state index contributed by atoms with van der Waals surface area (Å²) in [4.78, 5) is 6.87. The Hall–Kier alpha value is -0.530. The summed E-state index contributed by atoms with van der Waals surface area (Å²) in [5.74, 6) is 1.84. The third-order valence-electron chi connectivity index (χ3n) is 2.14. The lowest BCUT2D eigenvalue weighted by Gasteiger charge is -2.30. The van der Waals surface area contributed by atoms with Crippen LogP contribution in [0.2, 0.25) is 0 Å². The summed E-state index contributed by atoms with van der Waals surface area (Å²) in [7, 11) is 2.13. The third-order valence-corrected chi connectivity index (χ3v) is 2.14. The number of amidine groups is 1. The molecule has 0 amide bonds. The summed E-state index contributed by atoms with van der Waals surface area (Å²) in [5, 5.41) is 0. The maximum Gasteiger partial charge on any atom is 0.101 e. The molecule has 0 spiro atoms. The van der Waals surface area contributed by atoms with E-state index < -0.39 is 0 Å². The second-order valence-electron chi connectivity index (χ2n) is 3.70. The van der Waals surface area contributed by atoms with Gasteiger partial charge in [0.1, 0.15) is 5.84 Å². The van der Waals surface area contributed by atoms with Gasteiger partial charge in [-0.3, -0.25) is 4.99 Å². The average molecular weight is 154 g/mol. The van der Waals surface area contributed by atoms with Crippen LogP contribution in [0.1, 0.15) is 27.2 Å². The lowest BCUT2D eigenvalue weighted by Crippen LogP contribution is -2.37. The zero-order valence-corrected chi connectivity index (χ0v) is 7.96. The maximum absolute atomic E-state index is 4.61. The molecule has 0 unspecified atom stereocenters. The molecule has 1 atom stereocenters. The molecule has 1 aliphatic heterocycles. The van der Waals surface area contributed by atoms with Gasteiger partial charge in [0.15, 0.2) is 0 Å². The van der Waals surface area contributed by atoms with Gasteiger partial charge in [-0.2, -0.15) is 0 Å². The minimum Gasteiger partial charge on any atom is -0.363 e. The molecule has 0 saturated carbocycles. The van der Waals surface area contributed by atoms with Gasteiger partial charge in [0.2, 0.25) is 0 Å². The first-order valence-corrected chi connectivity index (χ1v) is 4.40. The van der Waals surface area contributed by atoms with Crippen molar-refractivity contribution < 1.29 is 0 Å². The van der Waals surface area contributed by atoms with Gasteiger partial charge in [-0.15, -0.1) is 0 Å². The molecule has 2 heteroatoms. The zero-order chi connectivity index (χ0) is 8.43. The van der Waals surface area contributed by atoms with E-state index in [4.69, 9.17) is 0 Å². The average Bonchev–Trinajstić information content (AvgIpc) is 1.94. The van der Waals surface area contributed by atoms with Gasteiger partial charge in [-0.1, -0.05) is 13.8 Å². The van der Waals surface area contributed by atoms with E-state index in [1.165, 1.54) is 12.3 Å². The highest BCUT2D eigenvalue weighted by Gasteiger charge is 2.17. The van der Waals surface area contributed by atoms with Crippen LogP contribution in [0.4, 0.5) is 0 Å². The number of aliphatic imine (C=N–C) groups is 1. The summed E-state index contributed by atoms with van der Waals surface area (Å²) in [6, 6.07) is 0.531. The summed E-state index contributed by atoms with van der Waals surface area (Å²) in [5.41, 5.74) is 0. The van der Waals surface area contributed by atoms with E-state index in [9.17, 15) is 0 Å². The van der Waals surface area contributed by atoms with Crippen molar-refractivity contribution in [1.82, 2.24) is 4.90 Å². The van der Waals surface area contributed by atoms with Gasteiger partial charge in [0.25, 0.3) is 0 Å². The molecule has 0 bridgehead atoms. The van der Waals surface area contributed by atoms with Crippen LogP contribution >= 0.6 is 0 Å². The Morgan fingerprint density at radius 3 is 2.64 bits per heavy atom. The van der Waals surface area contributed by atoms with Crippen LogP contribution in [0.25, 0.3) is 0 Å². The van der Waals surface area contributed by atoms with Crippen molar-refractivity contribution in [2.75, 3.05) is 13.6 Å². The Morgan fingerprint density at radius 2 is 2.18 bits per heavy atom. The first-order chi connectivity index (χ1) is 5.11. The van der Waals surface area contributed by atoms with Crippen LogP contribution in [-0.2, 0) is 0 Å². The fraction of sp³-hybridized carbons (Fsp3) is 0.889. The van der Waals surface area contributed by atoms with Crippen LogP contribution in [0, 0.1) is 5.92 Å². The van der Waals surface area contributed by atoms with Crippen LogP contribution in [0.5, 0.6) is 0 Å². The molecule has 1 heterocycles. The molecule has 0 saturated heterocycles. The van der Waals surface area contributed by atoms with Gasteiger partial charge in [0, 0.05) is 19.5 Å². The lowest BCUT2D eigenvalue weighted by molar-refractivity contribution is 0.408. The fourth-order valence-electron chi connectivity index (χ4n) is 1.47. The molecule has 0 N–H and O–H groups in total. The van der Waals surface area contributed by atoms with Crippen molar-refractivity contribution in [3.05, 3.63) is 0 Å². The summed E-state index contributed by atoms with van der Waals surface area (Å²) in [6.07, 6.45) is 1.20. The summed E-state index contributed by atoms with van der Waals surface area (Å²) < 4.78 is 0. The number of hydrogen-bond donors (Lipinski definition) is 0. The van der Waals surface area contributed by atoms with Crippen LogP contribution in [-0.4, -0.2) is 30.4 Å². The summed E-state index contributed by atoms with van der Waals surface area (Å²) >= 11 is 0. The van der Waals surface area contributed by atoms with E-state index in [-0.39, 0.29) is 0 Å².